The third-order valence-corrected chi connectivity index (χ3v) is 5.17. The summed E-state index contributed by atoms with van der Waals surface area (Å²) in [5.74, 6) is 1.34. The standard InChI is InChI=1S/C10H15I2NO/c11-9(12)8-5-6-3-1-2-4-7(6)10(14)13-8/h6-9H,1-5H2,(H,13,14)/t6-,7+,8-/m0/s1. The fourth-order valence-corrected chi connectivity index (χ4v) is 3.62. The molecule has 1 saturated heterocycles. The van der Waals surface area contributed by atoms with Crippen molar-refractivity contribution < 1.29 is 4.79 Å². The van der Waals surface area contributed by atoms with E-state index in [4.69, 9.17) is 0 Å². The molecular formula is C10H15I2NO. The van der Waals surface area contributed by atoms with Crippen LogP contribution in [0.3, 0.4) is 0 Å². The molecule has 2 nitrogen and oxygen atoms in total. The molecule has 1 heterocycles. The molecule has 14 heavy (non-hydrogen) atoms. The Balaban J connectivity index is 2.04. The Morgan fingerprint density at radius 2 is 2.00 bits per heavy atom. The minimum absolute atomic E-state index is 0.323. The Labute approximate surface area is 112 Å². The van der Waals surface area contributed by atoms with Crippen molar-refractivity contribution in [1.82, 2.24) is 5.32 Å². The molecule has 1 aliphatic heterocycles. The zero-order valence-electron chi connectivity index (χ0n) is 8.01. The summed E-state index contributed by atoms with van der Waals surface area (Å²) in [4.78, 5) is 11.8. The normalized spacial score (nSPS) is 37.9. The first-order valence-corrected chi connectivity index (χ1v) is 7.76. The predicted octanol–water partition coefficient (Wildman–Crippen LogP) is 2.88. The van der Waals surface area contributed by atoms with Gasteiger partial charge in [0.05, 0.1) is 1.93 Å². The summed E-state index contributed by atoms with van der Waals surface area (Å²) >= 11 is 4.81. The summed E-state index contributed by atoms with van der Waals surface area (Å²) in [7, 11) is 0. The molecule has 1 amide bonds. The van der Waals surface area contributed by atoms with Crippen LogP contribution in [0.5, 0.6) is 0 Å². The lowest BCUT2D eigenvalue weighted by molar-refractivity contribution is -0.131. The summed E-state index contributed by atoms with van der Waals surface area (Å²) in [5, 5.41) is 3.16. The lowest BCUT2D eigenvalue weighted by Crippen LogP contribution is -2.51. The van der Waals surface area contributed by atoms with Crippen molar-refractivity contribution >= 4 is 51.1 Å². The van der Waals surface area contributed by atoms with Crippen LogP contribution in [0.4, 0.5) is 0 Å². The average molecular weight is 419 g/mol. The highest BCUT2D eigenvalue weighted by atomic mass is 127. The quantitative estimate of drug-likeness (QED) is 0.515. The van der Waals surface area contributed by atoms with E-state index in [2.05, 4.69) is 50.5 Å². The Kier molecular flexibility index (Phi) is 3.95. The van der Waals surface area contributed by atoms with E-state index in [1.807, 2.05) is 0 Å². The molecule has 2 aliphatic rings. The number of rotatable bonds is 1. The fourth-order valence-electron chi connectivity index (χ4n) is 2.68. The third-order valence-electron chi connectivity index (χ3n) is 3.43. The molecule has 2 fully saturated rings. The van der Waals surface area contributed by atoms with E-state index < -0.39 is 0 Å². The molecule has 0 aromatic rings. The van der Waals surface area contributed by atoms with Gasteiger partial charge in [0, 0.05) is 12.0 Å². The highest BCUT2D eigenvalue weighted by Gasteiger charge is 2.38. The number of amides is 1. The van der Waals surface area contributed by atoms with E-state index in [0.717, 1.165) is 6.42 Å². The van der Waals surface area contributed by atoms with Gasteiger partial charge >= 0.3 is 0 Å². The van der Waals surface area contributed by atoms with Crippen LogP contribution in [0, 0.1) is 11.8 Å². The highest BCUT2D eigenvalue weighted by molar-refractivity contribution is 14.2. The number of piperidine rings is 1. The number of alkyl halides is 2. The van der Waals surface area contributed by atoms with Gasteiger partial charge in [0.1, 0.15) is 0 Å². The van der Waals surface area contributed by atoms with Crippen LogP contribution in [0.15, 0.2) is 0 Å². The second-order valence-electron chi connectivity index (χ2n) is 4.34. The van der Waals surface area contributed by atoms with Gasteiger partial charge < -0.3 is 5.32 Å². The van der Waals surface area contributed by atoms with E-state index in [1.165, 1.54) is 25.7 Å². The molecule has 4 heteroatoms. The molecule has 3 atom stereocenters. The van der Waals surface area contributed by atoms with Crippen LogP contribution in [0.25, 0.3) is 0 Å². The predicted molar refractivity (Wildman–Crippen MR) is 73.8 cm³/mol. The van der Waals surface area contributed by atoms with Crippen LogP contribution in [-0.4, -0.2) is 13.9 Å². The molecule has 0 radical (unpaired) electrons. The maximum absolute atomic E-state index is 11.8. The minimum atomic E-state index is 0.323. The lowest BCUT2D eigenvalue weighted by atomic mass is 9.73. The molecule has 0 spiro atoms. The highest BCUT2D eigenvalue weighted by Crippen LogP contribution is 2.38. The van der Waals surface area contributed by atoms with Crippen molar-refractivity contribution in [3.8, 4) is 0 Å². The minimum Gasteiger partial charge on any atom is -0.351 e. The molecule has 80 valence electrons. The number of nitrogens with one attached hydrogen (secondary N) is 1. The van der Waals surface area contributed by atoms with E-state index in [1.54, 1.807) is 0 Å². The van der Waals surface area contributed by atoms with Crippen molar-refractivity contribution in [3.05, 3.63) is 0 Å². The molecule has 0 unspecified atom stereocenters. The second-order valence-corrected chi connectivity index (χ2v) is 9.40. The molecule has 1 saturated carbocycles. The smallest absolute Gasteiger partial charge is 0.223 e. The maximum atomic E-state index is 11.8. The van der Waals surface area contributed by atoms with Crippen molar-refractivity contribution in [2.24, 2.45) is 11.8 Å². The van der Waals surface area contributed by atoms with Crippen molar-refractivity contribution in [3.63, 3.8) is 0 Å². The number of hydrogen-bond donors (Lipinski definition) is 1. The van der Waals surface area contributed by atoms with Gasteiger partial charge in [-0.15, -0.1) is 0 Å². The molecule has 1 N–H and O–H groups in total. The van der Waals surface area contributed by atoms with Crippen molar-refractivity contribution in [1.29, 1.82) is 0 Å². The number of hydrogen-bond acceptors (Lipinski definition) is 1. The lowest BCUT2D eigenvalue weighted by Gasteiger charge is -2.39. The first-order chi connectivity index (χ1) is 6.68. The Hall–Kier alpha value is 0.930. The molecule has 1 aliphatic carbocycles. The van der Waals surface area contributed by atoms with Gasteiger partial charge in [-0.2, -0.15) is 0 Å². The summed E-state index contributed by atoms with van der Waals surface area (Å²) < 4.78 is 0.525. The van der Waals surface area contributed by atoms with E-state index in [9.17, 15) is 4.79 Å². The van der Waals surface area contributed by atoms with Crippen molar-refractivity contribution in [2.75, 3.05) is 0 Å². The molecule has 0 aromatic heterocycles. The molecular weight excluding hydrogens is 404 g/mol. The summed E-state index contributed by atoms with van der Waals surface area (Å²) in [5.41, 5.74) is 0. The fraction of sp³-hybridized carbons (Fsp3) is 0.900. The first kappa shape index (κ1) is 11.4. The SMILES string of the molecule is O=C1N[C@H](C(I)I)C[C@@H]2CCCC[C@@H]12. The molecule has 0 bridgehead atoms. The Bertz CT molecular complexity index is 232. The van der Waals surface area contributed by atoms with Gasteiger partial charge in [-0.3, -0.25) is 4.79 Å². The first-order valence-electron chi connectivity index (χ1n) is 5.27. The van der Waals surface area contributed by atoms with Crippen LogP contribution in [0.2, 0.25) is 0 Å². The topological polar surface area (TPSA) is 29.1 Å². The van der Waals surface area contributed by atoms with E-state index >= 15 is 0 Å². The maximum Gasteiger partial charge on any atom is 0.223 e. The second kappa shape index (κ2) is 4.84. The van der Waals surface area contributed by atoms with Gasteiger partial charge in [-0.25, -0.2) is 0 Å². The van der Waals surface area contributed by atoms with Crippen LogP contribution in [0.1, 0.15) is 32.1 Å². The van der Waals surface area contributed by atoms with Gasteiger partial charge in [0.15, 0.2) is 0 Å². The van der Waals surface area contributed by atoms with Crippen molar-refractivity contribution in [2.45, 2.75) is 40.1 Å². The van der Waals surface area contributed by atoms with E-state index in [0.29, 0.717) is 25.7 Å². The zero-order chi connectivity index (χ0) is 10.1. The number of halogens is 2. The van der Waals surface area contributed by atoms with Gasteiger partial charge in [-0.05, 0) is 25.2 Å². The Morgan fingerprint density at radius 1 is 1.29 bits per heavy atom. The number of carbonyl (C=O) groups excluding carboxylic acids is 1. The summed E-state index contributed by atoms with van der Waals surface area (Å²) in [6.45, 7) is 0. The summed E-state index contributed by atoms with van der Waals surface area (Å²) in [6, 6.07) is 0.406. The van der Waals surface area contributed by atoms with Crippen LogP contribution < -0.4 is 5.32 Å². The monoisotopic (exact) mass is 419 g/mol. The van der Waals surface area contributed by atoms with Crippen LogP contribution in [-0.2, 0) is 4.79 Å². The summed E-state index contributed by atoms with van der Waals surface area (Å²) in [6.07, 6.45) is 6.17. The van der Waals surface area contributed by atoms with Crippen LogP contribution >= 0.6 is 45.2 Å². The number of carbonyl (C=O) groups is 1. The zero-order valence-corrected chi connectivity index (χ0v) is 12.3. The van der Waals surface area contributed by atoms with Gasteiger partial charge in [0.2, 0.25) is 5.91 Å². The average Bonchev–Trinajstić information content (AvgIpc) is 2.17. The molecule has 2 rings (SSSR count). The van der Waals surface area contributed by atoms with Gasteiger partial charge in [-0.1, -0.05) is 58.0 Å². The molecule has 0 aromatic carbocycles. The van der Waals surface area contributed by atoms with Gasteiger partial charge in [0.25, 0.3) is 0 Å². The van der Waals surface area contributed by atoms with E-state index in [-0.39, 0.29) is 0 Å². The largest absolute Gasteiger partial charge is 0.351 e. The third kappa shape index (κ3) is 2.36. The Morgan fingerprint density at radius 3 is 2.71 bits per heavy atom. The number of fused-ring (bicyclic) bond motifs is 1.